The van der Waals surface area contributed by atoms with Crippen molar-refractivity contribution >= 4 is 33.0 Å². The molecular formula is C17H24ClN7O2S. The molecular weight excluding hydrogens is 402 g/mol. The second kappa shape index (κ2) is 7.20. The number of anilines is 1. The number of imidazole rings is 1. The van der Waals surface area contributed by atoms with Crippen molar-refractivity contribution in [2.45, 2.75) is 13.0 Å². The number of aromatic nitrogens is 2. The maximum absolute atomic E-state index is 11.9. The van der Waals surface area contributed by atoms with E-state index in [4.69, 9.17) is 17.4 Å². The first-order chi connectivity index (χ1) is 13.3. The van der Waals surface area contributed by atoms with Gasteiger partial charge in [0.2, 0.25) is 10.0 Å². The molecule has 1 fully saturated rings. The number of hydrogen-bond acceptors (Lipinski definition) is 7. The Hall–Kier alpha value is -1.85. The van der Waals surface area contributed by atoms with Gasteiger partial charge >= 0.3 is 0 Å². The molecule has 0 spiro atoms. The second-order valence-corrected chi connectivity index (χ2v) is 9.52. The summed E-state index contributed by atoms with van der Waals surface area (Å²) in [6.07, 6.45) is 8.69. The first kappa shape index (κ1) is 19.5. The number of sulfonamides is 1. The average molecular weight is 426 g/mol. The Kier molecular flexibility index (Phi) is 5.00. The molecule has 2 aromatic rings. The molecule has 0 radical (unpaired) electrons. The van der Waals surface area contributed by atoms with Gasteiger partial charge in [-0.3, -0.25) is 15.3 Å². The fourth-order valence-corrected chi connectivity index (χ4v) is 4.95. The first-order valence-electron chi connectivity index (χ1n) is 9.09. The van der Waals surface area contributed by atoms with Crippen molar-refractivity contribution in [3.05, 3.63) is 41.5 Å². The fraction of sp³-hybridized carbons (Fsp3) is 0.471. The molecule has 1 saturated heterocycles. The lowest BCUT2D eigenvalue weighted by molar-refractivity contribution is 0.0158. The van der Waals surface area contributed by atoms with Crippen LogP contribution in [0.15, 0.2) is 30.9 Å². The zero-order valence-electron chi connectivity index (χ0n) is 15.9. The van der Waals surface area contributed by atoms with Crippen molar-refractivity contribution in [1.29, 1.82) is 0 Å². The summed E-state index contributed by atoms with van der Waals surface area (Å²) in [5.41, 5.74) is 1.82. The molecule has 4 heterocycles. The minimum atomic E-state index is -3.19. The van der Waals surface area contributed by atoms with E-state index >= 15 is 0 Å². The normalized spacial score (nSPS) is 20.4. The number of hydrogen-bond donors (Lipinski definition) is 1. The zero-order chi connectivity index (χ0) is 20.1. The van der Waals surface area contributed by atoms with Crippen molar-refractivity contribution in [2.24, 2.45) is 5.84 Å². The van der Waals surface area contributed by atoms with Crippen LogP contribution in [0.25, 0.3) is 5.52 Å². The third-order valence-electron chi connectivity index (χ3n) is 5.35. The SMILES string of the molecule is CC(c1cc(Cl)c2cncn2c1N1CCN(S(C)(=O)=O)CC1)N1C=CCN1N. The highest BCUT2D eigenvalue weighted by Crippen LogP contribution is 2.36. The molecule has 2 aromatic heterocycles. The molecule has 152 valence electrons. The Bertz CT molecular complexity index is 1010. The summed E-state index contributed by atoms with van der Waals surface area (Å²) in [4.78, 5) is 6.46. The van der Waals surface area contributed by atoms with Gasteiger partial charge in [-0.15, -0.1) is 0 Å². The predicted molar refractivity (Wildman–Crippen MR) is 109 cm³/mol. The standard InChI is InChI=1S/C17H24ClN7O2S/c1-13(24-4-3-5-25(24)19)14-10-15(18)16-11-20-12-23(16)17(14)21-6-8-22(9-7-21)28(2,26)27/h3-4,10-13H,5-9,19H2,1-2H3. The van der Waals surface area contributed by atoms with Crippen molar-refractivity contribution < 1.29 is 8.42 Å². The van der Waals surface area contributed by atoms with Crippen LogP contribution in [0.5, 0.6) is 0 Å². The summed E-state index contributed by atoms with van der Waals surface area (Å²) in [6.45, 7) is 4.78. The van der Waals surface area contributed by atoms with Gasteiger partial charge in [0, 0.05) is 37.9 Å². The van der Waals surface area contributed by atoms with Gasteiger partial charge in [-0.25, -0.2) is 13.4 Å². The van der Waals surface area contributed by atoms with E-state index in [0.29, 0.717) is 37.7 Å². The number of pyridine rings is 1. The highest BCUT2D eigenvalue weighted by molar-refractivity contribution is 7.88. The molecule has 1 atom stereocenters. The Morgan fingerprint density at radius 2 is 1.96 bits per heavy atom. The van der Waals surface area contributed by atoms with Crippen LogP contribution in [0.1, 0.15) is 18.5 Å². The number of rotatable bonds is 4. The summed E-state index contributed by atoms with van der Waals surface area (Å²) < 4.78 is 27.2. The molecule has 2 N–H and O–H groups in total. The van der Waals surface area contributed by atoms with E-state index in [0.717, 1.165) is 16.9 Å². The van der Waals surface area contributed by atoms with Crippen LogP contribution in [0.4, 0.5) is 5.82 Å². The third-order valence-corrected chi connectivity index (χ3v) is 6.96. The quantitative estimate of drug-likeness (QED) is 0.732. The largest absolute Gasteiger partial charge is 0.355 e. The van der Waals surface area contributed by atoms with Crippen LogP contribution in [-0.4, -0.2) is 71.2 Å². The number of nitrogens with zero attached hydrogens (tertiary/aromatic N) is 6. The summed E-state index contributed by atoms with van der Waals surface area (Å²) in [6, 6.07) is 1.90. The average Bonchev–Trinajstić information content (AvgIpc) is 3.30. The monoisotopic (exact) mass is 425 g/mol. The summed E-state index contributed by atoms with van der Waals surface area (Å²) in [5.74, 6) is 7.06. The number of piperazine rings is 1. The van der Waals surface area contributed by atoms with Crippen molar-refractivity contribution in [3.63, 3.8) is 0 Å². The number of halogens is 1. The molecule has 9 nitrogen and oxygen atoms in total. The lowest BCUT2D eigenvalue weighted by Crippen LogP contribution is -2.49. The topological polar surface area (TPSA) is 90.4 Å². The van der Waals surface area contributed by atoms with Gasteiger partial charge < -0.3 is 4.90 Å². The van der Waals surface area contributed by atoms with Gasteiger partial charge in [0.15, 0.2) is 0 Å². The molecule has 0 saturated carbocycles. The lowest BCUT2D eigenvalue weighted by atomic mass is 10.1. The summed E-state index contributed by atoms with van der Waals surface area (Å²) in [5, 5.41) is 4.23. The highest BCUT2D eigenvalue weighted by atomic mass is 35.5. The van der Waals surface area contributed by atoms with Gasteiger partial charge in [0.1, 0.15) is 12.1 Å². The van der Waals surface area contributed by atoms with Crippen LogP contribution in [0.3, 0.4) is 0 Å². The minimum Gasteiger partial charge on any atom is -0.355 e. The van der Waals surface area contributed by atoms with Crippen LogP contribution >= 0.6 is 11.6 Å². The van der Waals surface area contributed by atoms with Crippen molar-refractivity contribution in [3.8, 4) is 0 Å². The van der Waals surface area contributed by atoms with E-state index in [2.05, 4.69) is 16.8 Å². The zero-order valence-corrected chi connectivity index (χ0v) is 17.4. The number of fused-ring (bicyclic) bond motifs is 1. The van der Waals surface area contributed by atoms with Crippen molar-refractivity contribution in [2.75, 3.05) is 43.9 Å². The Labute approximate surface area is 169 Å². The number of nitrogens with two attached hydrogens (primary N) is 1. The van der Waals surface area contributed by atoms with Crippen molar-refractivity contribution in [1.82, 2.24) is 23.8 Å². The third kappa shape index (κ3) is 3.35. The van der Waals surface area contributed by atoms with Gasteiger partial charge in [0.25, 0.3) is 0 Å². The maximum Gasteiger partial charge on any atom is 0.211 e. The Morgan fingerprint density at radius 1 is 1.25 bits per heavy atom. The van der Waals surface area contributed by atoms with Gasteiger partial charge in [-0.05, 0) is 19.1 Å². The molecule has 0 aliphatic carbocycles. The van der Waals surface area contributed by atoms with E-state index in [1.54, 1.807) is 17.6 Å². The van der Waals surface area contributed by atoms with Gasteiger partial charge in [0.05, 0.1) is 35.6 Å². The van der Waals surface area contributed by atoms with E-state index in [1.165, 1.54) is 10.6 Å². The summed E-state index contributed by atoms with van der Waals surface area (Å²) in [7, 11) is -3.19. The highest BCUT2D eigenvalue weighted by Gasteiger charge is 2.30. The summed E-state index contributed by atoms with van der Waals surface area (Å²) >= 11 is 6.54. The van der Waals surface area contributed by atoms with Crippen LogP contribution in [-0.2, 0) is 10.0 Å². The Morgan fingerprint density at radius 3 is 2.57 bits per heavy atom. The van der Waals surface area contributed by atoms with Crippen LogP contribution in [0, 0.1) is 0 Å². The fourth-order valence-electron chi connectivity index (χ4n) is 3.87. The molecule has 2 aliphatic rings. The van der Waals surface area contributed by atoms with E-state index in [-0.39, 0.29) is 6.04 Å². The van der Waals surface area contributed by atoms with Crippen LogP contribution in [0.2, 0.25) is 5.02 Å². The van der Waals surface area contributed by atoms with Crippen LogP contribution < -0.4 is 10.7 Å². The minimum absolute atomic E-state index is 0.0593. The van der Waals surface area contributed by atoms with Gasteiger partial charge in [-0.2, -0.15) is 9.42 Å². The van der Waals surface area contributed by atoms with E-state index in [1.807, 2.05) is 27.8 Å². The lowest BCUT2D eigenvalue weighted by Gasteiger charge is -2.38. The molecule has 0 amide bonds. The number of hydrazine groups is 2. The molecule has 1 unspecified atom stereocenters. The first-order valence-corrected chi connectivity index (χ1v) is 11.3. The molecule has 11 heteroatoms. The molecule has 0 bridgehead atoms. The molecule has 4 rings (SSSR count). The van der Waals surface area contributed by atoms with E-state index in [9.17, 15) is 8.42 Å². The molecule has 2 aliphatic heterocycles. The second-order valence-electron chi connectivity index (χ2n) is 7.13. The Balaban J connectivity index is 1.75. The molecule has 0 aromatic carbocycles. The molecule has 28 heavy (non-hydrogen) atoms. The van der Waals surface area contributed by atoms with E-state index < -0.39 is 10.0 Å². The predicted octanol–water partition coefficient (Wildman–Crippen LogP) is 1.05. The maximum atomic E-state index is 11.9. The smallest absolute Gasteiger partial charge is 0.211 e. The van der Waals surface area contributed by atoms with Gasteiger partial charge in [-0.1, -0.05) is 11.6 Å².